The molecule has 2 heteroatoms. The summed E-state index contributed by atoms with van der Waals surface area (Å²) in [5.74, 6) is 0.924. The smallest absolute Gasteiger partial charge is 0.121 e. The SMILES string of the molecule is COc1cccc([Si])c1C. The second-order valence-corrected chi connectivity index (χ2v) is 2.67. The summed E-state index contributed by atoms with van der Waals surface area (Å²) in [4.78, 5) is 0. The normalized spacial score (nSPS) is 9.50. The van der Waals surface area contributed by atoms with Crippen molar-refractivity contribution in [3.05, 3.63) is 23.8 Å². The van der Waals surface area contributed by atoms with Gasteiger partial charge < -0.3 is 4.74 Å². The van der Waals surface area contributed by atoms with E-state index in [1.807, 2.05) is 25.1 Å². The lowest BCUT2D eigenvalue weighted by atomic mass is 10.2. The predicted molar refractivity (Wildman–Crippen MR) is 43.1 cm³/mol. The van der Waals surface area contributed by atoms with E-state index in [9.17, 15) is 0 Å². The first-order valence-corrected chi connectivity index (χ1v) is 3.61. The van der Waals surface area contributed by atoms with Crippen LogP contribution in [0.2, 0.25) is 0 Å². The molecule has 0 atom stereocenters. The predicted octanol–water partition coefficient (Wildman–Crippen LogP) is 0.797. The molecule has 0 saturated heterocycles. The molecule has 10 heavy (non-hydrogen) atoms. The van der Waals surface area contributed by atoms with Gasteiger partial charge in [-0.05, 0) is 18.6 Å². The van der Waals surface area contributed by atoms with Crippen molar-refractivity contribution >= 4 is 15.4 Å². The number of rotatable bonds is 1. The summed E-state index contributed by atoms with van der Waals surface area (Å²) in [5.41, 5.74) is 1.14. The van der Waals surface area contributed by atoms with Gasteiger partial charge in [-0.3, -0.25) is 0 Å². The van der Waals surface area contributed by atoms with Gasteiger partial charge in [0.2, 0.25) is 0 Å². The van der Waals surface area contributed by atoms with E-state index in [-0.39, 0.29) is 0 Å². The first-order valence-electron chi connectivity index (χ1n) is 3.11. The fourth-order valence-corrected chi connectivity index (χ4v) is 1.06. The van der Waals surface area contributed by atoms with Gasteiger partial charge in [-0.25, -0.2) is 0 Å². The number of methoxy groups -OCH3 is 1. The minimum absolute atomic E-state index is 0.924. The molecule has 0 saturated carbocycles. The van der Waals surface area contributed by atoms with Gasteiger partial charge in [-0.2, -0.15) is 0 Å². The van der Waals surface area contributed by atoms with Crippen molar-refractivity contribution < 1.29 is 4.74 Å². The standard InChI is InChI=1S/C8H9OSi/c1-6-7(9-2)4-3-5-8(6)10/h3-5H,1-2H3. The molecule has 51 valence electrons. The monoisotopic (exact) mass is 149 g/mol. The van der Waals surface area contributed by atoms with Crippen LogP contribution in [0.4, 0.5) is 0 Å². The van der Waals surface area contributed by atoms with Crippen molar-refractivity contribution in [1.29, 1.82) is 0 Å². The maximum Gasteiger partial charge on any atom is 0.121 e. The summed E-state index contributed by atoms with van der Waals surface area (Å²) in [5, 5.41) is 1.08. The number of benzene rings is 1. The van der Waals surface area contributed by atoms with E-state index in [0.717, 1.165) is 16.5 Å². The molecule has 3 radical (unpaired) electrons. The van der Waals surface area contributed by atoms with E-state index in [1.165, 1.54) is 0 Å². The Labute approximate surface area is 64.4 Å². The molecule has 1 nitrogen and oxygen atoms in total. The fourth-order valence-electron chi connectivity index (χ4n) is 0.836. The third-order valence-corrected chi connectivity index (χ3v) is 2.05. The number of hydrogen-bond donors (Lipinski definition) is 0. The van der Waals surface area contributed by atoms with Crippen molar-refractivity contribution in [1.82, 2.24) is 0 Å². The van der Waals surface area contributed by atoms with Crippen LogP contribution in [0.5, 0.6) is 5.75 Å². The van der Waals surface area contributed by atoms with Crippen LogP contribution < -0.4 is 9.92 Å². The highest BCUT2D eigenvalue weighted by atomic mass is 28.1. The van der Waals surface area contributed by atoms with Crippen LogP contribution in [0, 0.1) is 6.92 Å². The molecule has 1 rings (SSSR count). The Hall–Kier alpha value is -0.763. The maximum absolute atomic E-state index is 5.09. The zero-order chi connectivity index (χ0) is 7.56. The Morgan fingerprint density at radius 3 is 2.60 bits per heavy atom. The average molecular weight is 149 g/mol. The Bertz CT molecular complexity index is 233. The largest absolute Gasteiger partial charge is 0.496 e. The highest BCUT2D eigenvalue weighted by Crippen LogP contribution is 2.12. The van der Waals surface area contributed by atoms with Gasteiger partial charge in [0.25, 0.3) is 0 Å². The topological polar surface area (TPSA) is 9.23 Å². The van der Waals surface area contributed by atoms with Crippen LogP contribution in [0.25, 0.3) is 0 Å². The lowest BCUT2D eigenvalue weighted by molar-refractivity contribution is 0.412. The Kier molecular flexibility index (Phi) is 2.12. The van der Waals surface area contributed by atoms with E-state index in [4.69, 9.17) is 4.74 Å². The van der Waals surface area contributed by atoms with Crippen LogP contribution in [0.1, 0.15) is 5.56 Å². The highest BCUT2D eigenvalue weighted by molar-refractivity contribution is 6.33. The van der Waals surface area contributed by atoms with Crippen molar-refractivity contribution in [2.45, 2.75) is 6.92 Å². The van der Waals surface area contributed by atoms with Gasteiger partial charge in [-0.1, -0.05) is 17.3 Å². The molecule has 0 aromatic heterocycles. The molecular formula is C8H9OSi. The Morgan fingerprint density at radius 2 is 2.10 bits per heavy atom. The minimum atomic E-state index is 0.924. The second kappa shape index (κ2) is 2.88. The third-order valence-electron chi connectivity index (χ3n) is 1.50. The first-order chi connectivity index (χ1) is 4.75. The average Bonchev–Trinajstić information content (AvgIpc) is 1.95. The molecule has 0 N–H and O–H groups in total. The van der Waals surface area contributed by atoms with Crippen LogP contribution in [0.3, 0.4) is 0 Å². The van der Waals surface area contributed by atoms with Crippen molar-refractivity contribution in [2.75, 3.05) is 7.11 Å². The molecule has 0 aliphatic carbocycles. The van der Waals surface area contributed by atoms with Crippen molar-refractivity contribution in [2.24, 2.45) is 0 Å². The van der Waals surface area contributed by atoms with Crippen LogP contribution in [-0.2, 0) is 0 Å². The van der Waals surface area contributed by atoms with Crippen LogP contribution >= 0.6 is 0 Å². The van der Waals surface area contributed by atoms with E-state index in [1.54, 1.807) is 7.11 Å². The lowest BCUT2D eigenvalue weighted by Gasteiger charge is -2.05. The van der Waals surface area contributed by atoms with Crippen LogP contribution in [-0.4, -0.2) is 17.4 Å². The quantitative estimate of drug-likeness (QED) is 0.537. The van der Waals surface area contributed by atoms with Gasteiger partial charge in [0.05, 0.1) is 17.4 Å². The summed E-state index contributed by atoms with van der Waals surface area (Å²) >= 11 is 0. The lowest BCUT2D eigenvalue weighted by Crippen LogP contribution is -2.07. The third kappa shape index (κ3) is 1.21. The zero-order valence-electron chi connectivity index (χ0n) is 6.14. The van der Waals surface area contributed by atoms with Gasteiger partial charge in [0, 0.05) is 0 Å². The van der Waals surface area contributed by atoms with Gasteiger partial charge in [0.15, 0.2) is 0 Å². The molecule has 0 fully saturated rings. The van der Waals surface area contributed by atoms with E-state index in [0.29, 0.717) is 0 Å². The molecule has 0 amide bonds. The molecule has 0 aliphatic heterocycles. The Morgan fingerprint density at radius 1 is 1.40 bits per heavy atom. The molecule has 1 aromatic rings. The van der Waals surface area contributed by atoms with Gasteiger partial charge in [0.1, 0.15) is 5.75 Å². The summed E-state index contributed by atoms with van der Waals surface area (Å²) in [6, 6.07) is 5.89. The van der Waals surface area contributed by atoms with E-state index < -0.39 is 0 Å². The molecule has 1 aromatic carbocycles. The summed E-state index contributed by atoms with van der Waals surface area (Å²) in [7, 11) is 5.13. The molecule has 0 unspecified atom stereocenters. The minimum Gasteiger partial charge on any atom is -0.496 e. The van der Waals surface area contributed by atoms with Crippen molar-refractivity contribution in [3.63, 3.8) is 0 Å². The molecule has 0 spiro atoms. The molecule has 0 heterocycles. The van der Waals surface area contributed by atoms with E-state index >= 15 is 0 Å². The highest BCUT2D eigenvalue weighted by Gasteiger charge is 1.97. The Balaban J connectivity index is 3.14. The van der Waals surface area contributed by atoms with E-state index in [2.05, 4.69) is 10.2 Å². The van der Waals surface area contributed by atoms with Gasteiger partial charge >= 0.3 is 0 Å². The number of ether oxygens (including phenoxy) is 1. The fraction of sp³-hybridized carbons (Fsp3) is 0.250. The summed E-state index contributed by atoms with van der Waals surface area (Å²) < 4.78 is 5.09. The van der Waals surface area contributed by atoms with Crippen LogP contribution in [0.15, 0.2) is 18.2 Å². The first kappa shape index (κ1) is 7.35. The summed E-state index contributed by atoms with van der Waals surface area (Å²) in [6.07, 6.45) is 0. The second-order valence-electron chi connectivity index (χ2n) is 2.13. The number of hydrogen-bond acceptors (Lipinski definition) is 1. The molecular weight excluding hydrogens is 140 g/mol. The summed E-state index contributed by atoms with van der Waals surface area (Å²) in [6.45, 7) is 2.02. The maximum atomic E-state index is 5.09. The van der Waals surface area contributed by atoms with Gasteiger partial charge in [-0.15, -0.1) is 0 Å². The zero-order valence-corrected chi connectivity index (χ0v) is 7.14. The van der Waals surface area contributed by atoms with Crippen molar-refractivity contribution in [3.8, 4) is 5.75 Å². The molecule has 0 bridgehead atoms. The molecule has 0 aliphatic rings.